The number of primary amides is 1. The molecule has 1 aromatic rings. The summed E-state index contributed by atoms with van der Waals surface area (Å²) in [7, 11) is 1.58. The molecule has 0 radical (unpaired) electrons. The van der Waals surface area contributed by atoms with Gasteiger partial charge < -0.3 is 20.9 Å². The number of nitrogens with two attached hydrogens (primary N) is 2. The smallest absolute Gasteiger partial charge is 0.220 e. The fourth-order valence-electron chi connectivity index (χ4n) is 1.67. The van der Waals surface area contributed by atoms with E-state index >= 15 is 0 Å². The van der Waals surface area contributed by atoms with E-state index in [1.807, 2.05) is 18.2 Å². The zero-order valence-corrected chi connectivity index (χ0v) is 11.5. The SMILES string of the molecule is CCC(N)Cc1ccc(OCCC(N)=O)c(OC)c1. The molecule has 19 heavy (non-hydrogen) atoms. The molecule has 0 bridgehead atoms. The molecule has 0 saturated heterocycles. The second-order valence-corrected chi connectivity index (χ2v) is 4.42. The minimum Gasteiger partial charge on any atom is -0.493 e. The van der Waals surface area contributed by atoms with Crippen LogP contribution in [0.1, 0.15) is 25.3 Å². The Morgan fingerprint density at radius 1 is 1.37 bits per heavy atom. The normalized spacial score (nSPS) is 11.9. The molecule has 4 N–H and O–H groups in total. The standard InChI is InChI=1S/C14H22N2O3/c1-3-11(15)8-10-4-5-12(13(9-10)18-2)19-7-6-14(16)17/h4-5,9,11H,3,6-8,15H2,1-2H3,(H2,16,17). The molecule has 1 amide bonds. The first-order valence-electron chi connectivity index (χ1n) is 6.40. The number of amides is 1. The molecular formula is C14H22N2O3. The number of ether oxygens (including phenoxy) is 2. The van der Waals surface area contributed by atoms with Crippen LogP contribution in [0.2, 0.25) is 0 Å². The fraction of sp³-hybridized carbons (Fsp3) is 0.500. The Bertz CT molecular complexity index is 421. The van der Waals surface area contributed by atoms with Gasteiger partial charge in [-0.15, -0.1) is 0 Å². The largest absolute Gasteiger partial charge is 0.493 e. The molecule has 0 aliphatic rings. The average molecular weight is 266 g/mol. The van der Waals surface area contributed by atoms with Crippen LogP contribution in [0.15, 0.2) is 18.2 Å². The highest BCUT2D eigenvalue weighted by molar-refractivity contribution is 5.73. The molecule has 0 aliphatic heterocycles. The van der Waals surface area contributed by atoms with Crippen LogP contribution in [0.4, 0.5) is 0 Å². The van der Waals surface area contributed by atoms with E-state index in [1.54, 1.807) is 7.11 Å². The summed E-state index contributed by atoms with van der Waals surface area (Å²) in [5.41, 5.74) is 12.1. The number of hydrogen-bond donors (Lipinski definition) is 2. The number of carbonyl (C=O) groups excluding carboxylic acids is 1. The van der Waals surface area contributed by atoms with Crippen molar-refractivity contribution in [2.24, 2.45) is 11.5 Å². The Morgan fingerprint density at radius 2 is 2.11 bits per heavy atom. The second kappa shape index (κ2) is 7.63. The third-order valence-electron chi connectivity index (χ3n) is 2.86. The number of carbonyl (C=O) groups is 1. The van der Waals surface area contributed by atoms with Crippen molar-refractivity contribution in [3.8, 4) is 11.5 Å². The molecule has 1 atom stereocenters. The van der Waals surface area contributed by atoms with Gasteiger partial charge in [-0.2, -0.15) is 0 Å². The van der Waals surface area contributed by atoms with Crippen LogP contribution in [-0.2, 0) is 11.2 Å². The first-order valence-corrected chi connectivity index (χ1v) is 6.40. The van der Waals surface area contributed by atoms with Gasteiger partial charge in [0.2, 0.25) is 5.91 Å². The van der Waals surface area contributed by atoms with Crippen molar-refractivity contribution < 1.29 is 14.3 Å². The van der Waals surface area contributed by atoms with Crippen molar-refractivity contribution in [3.05, 3.63) is 23.8 Å². The summed E-state index contributed by atoms with van der Waals surface area (Å²) in [5.74, 6) is 0.868. The van der Waals surface area contributed by atoms with E-state index in [1.165, 1.54) is 0 Å². The number of benzene rings is 1. The lowest BCUT2D eigenvalue weighted by Gasteiger charge is -2.13. The molecule has 106 valence electrons. The molecule has 0 aliphatic carbocycles. The predicted octanol–water partition coefficient (Wildman–Crippen LogP) is 1.23. The van der Waals surface area contributed by atoms with Crippen LogP contribution in [0.3, 0.4) is 0 Å². The predicted molar refractivity (Wildman–Crippen MR) is 74.3 cm³/mol. The second-order valence-electron chi connectivity index (χ2n) is 4.42. The van der Waals surface area contributed by atoms with E-state index in [0.717, 1.165) is 18.4 Å². The quantitative estimate of drug-likeness (QED) is 0.740. The van der Waals surface area contributed by atoms with E-state index in [4.69, 9.17) is 20.9 Å². The molecule has 5 nitrogen and oxygen atoms in total. The lowest BCUT2D eigenvalue weighted by atomic mass is 10.0. The van der Waals surface area contributed by atoms with Crippen molar-refractivity contribution >= 4 is 5.91 Å². The Kier molecular flexibility index (Phi) is 6.15. The third-order valence-corrected chi connectivity index (χ3v) is 2.86. The van der Waals surface area contributed by atoms with Gasteiger partial charge >= 0.3 is 0 Å². The Morgan fingerprint density at radius 3 is 2.68 bits per heavy atom. The zero-order chi connectivity index (χ0) is 14.3. The molecular weight excluding hydrogens is 244 g/mol. The lowest BCUT2D eigenvalue weighted by Crippen LogP contribution is -2.21. The van der Waals surface area contributed by atoms with Crippen molar-refractivity contribution in [2.75, 3.05) is 13.7 Å². The molecule has 5 heteroatoms. The highest BCUT2D eigenvalue weighted by atomic mass is 16.5. The van der Waals surface area contributed by atoms with Crippen molar-refractivity contribution in [1.82, 2.24) is 0 Å². The monoisotopic (exact) mass is 266 g/mol. The molecule has 0 spiro atoms. The van der Waals surface area contributed by atoms with Gasteiger partial charge in [0.15, 0.2) is 11.5 Å². The maximum absolute atomic E-state index is 10.6. The van der Waals surface area contributed by atoms with Crippen LogP contribution >= 0.6 is 0 Å². The van der Waals surface area contributed by atoms with E-state index < -0.39 is 0 Å². The van der Waals surface area contributed by atoms with Gasteiger partial charge in [-0.1, -0.05) is 13.0 Å². The van der Waals surface area contributed by atoms with Crippen molar-refractivity contribution in [2.45, 2.75) is 32.2 Å². The van der Waals surface area contributed by atoms with E-state index in [9.17, 15) is 4.79 Å². The summed E-state index contributed by atoms with van der Waals surface area (Å²) in [4.78, 5) is 10.6. The minimum atomic E-state index is -0.385. The van der Waals surface area contributed by atoms with Crippen molar-refractivity contribution in [1.29, 1.82) is 0 Å². The van der Waals surface area contributed by atoms with E-state index in [0.29, 0.717) is 11.5 Å². The van der Waals surface area contributed by atoms with Crippen LogP contribution < -0.4 is 20.9 Å². The average Bonchev–Trinajstić information content (AvgIpc) is 2.39. The van der Waals surface area contributed by atoms with Gasteiger partial charge in [0.1, 0.15) is 0 Å². The van der Waals surface area contributed by atoms with Crippen LogP contribution in [-0.4, -0.2) is 25.7 Å². The molecule has 1 unspecified atom stereocenters. The summed E-state index contributed by atoms with van der Waals surface area (Å²) < 4.78 is 10.7. The van der Waals surface area contributed by atoms with Gasteiger partial charge in [-0.3, -0.25) is 4.79 Å². The zero-order valence-electron chi connectivity index (χ0n) is 11.5. The first-order chi connectivity index (χ1) is 9.06. The maximum Gasteiger partial charge on any atom is 0.220 e. The highest BCUT2D eigenvalue weighted by Gasteiger charge is 2.08. The number of methoxy groups -OCH3 is 1. The highest BCUT2D eigenvalue weighted by Crippen LogP contribution is 2.28. The maximum atomic E-state index is 10.6. The third kappa shape index (κ3) is 5.18. The Balaban J connectivity index is 2.70. The summed E-state index contributed by atoms with van der Waals surface area (Å²) in [6.07, 6.45) is 1.92. The van der Waals surface area contributed by atoms with Crippen molar-refractivity contribution in [3.63, 3.8) is 0 Å². The van der Waals surface area contributed by atoms with Gasteiger partial charge in [0.25, 0.3) is 0 Å². The molecule has 1 rings (SSSR count). The van der Waals surface area contributed by atoms with Crippen LogP contribution in [0.25, 0.3) is 0 Å². The lowest BCUT2D eigenvalue weighted by molar-refractivity contribution is -0.118. The van der Waals surface area contributed by atoms with Gasteiger partial charge in [0, 0.05) is 6.04 Å². The Hall–Kier alpha value is -1.75. The van der Waals surface area contributed by atoms with Crippen LogP contribution in [0.5, 0.6) is 11.5 Å². The molecule has 0 saturated carbocycles. The van der Waals surface area contributed by atoms with E-state index in [-0.39, 0.29) is 25.0 Å². The van der Waals surface area contributed by atoms with Gasteiger partial charge in [0.05, 0.1) is 20.1 Å². The molecule has 0 heterocycles. The molecule has 1 aromatic carbocycles. The molecule has 0 aromatic heterocycles. The first kappa shape index (κ1) is 15.3. The van der Waals surface area contributed by atoms with Gasteiger partial charge in [-0.25, -0.2) is 0 Å². The fourth-order valence-corrected chi connectivity index (χ4v) is 1.67. The minimum absolute atomic E-state index is 0.145. The Labute approximate surface area is 113 Å². The number of hydrogen-bond acceptors (Lipinski definition) is 4. The summed E-state index contributed by atoms with van der Waals surface area (Å²) in [6.45, 7) is 2.31. The molecule has 0 fully saturated rings. The number of rotatable bonds is 8. The topological polar surface area (TPSA) is 87.6 Å². The van der Waals surface area contributed by atoms with Gasteiger partial charge in [-0.05, 0) is 30.5 Å². The van der Waals surface area contributed by atoms with E-state index in [2.05, 4.69) is 6.92 Å². The summed E-state index contributed by atoms with van der Waals surface area (Å²) >= 11 is 0. The summed E-state index contributed by atoms with van der Waals surface area (Å²) in [5, 5.41) is 0. The van der Waals surface area contributed by atoms with Crippen LogP contribution in [0, 0.1) is 0 Å². The summed E-state index contributed by atoms with van der Waals surface area (Å²) in [6, 6.07) is 5.84.